The fourth-order valence-electron chi connectivity index (χ4n) is 0.946. The lowest BCUT2D eigenvalue weighted by Crippen LogP contribution is -2.31. The van der Waals surface area contributed by atoms with E-state index in [4.69, 9.17) is 5.73 Å². The number of hydrogen-bond donors (Lipinski definition) is 3. The third kappa shape index (κ3) is 1.98. The maximum atomic E-state index is 10.5. The summed E-state index contributed by atoms with van der Waals surface area (Å²) >= 11 is 0. The van der Waals surface area contributed by atoms with Gasteiger partial charge in [0.15, 0.2) is 0 Å². The minimum absolute atomic E-state index is 0.146. The number of nitrogens with zero attached hydrogens (tertiary/aromatic N) is 1. The predicted molar refractivity (Wildman–Crippen MR) is 44.5 cm³/mol. The highest BCUT2D eigenvalue weighted by Crippen LogP contribution is 2.07. The molecule has 0 aliphatic carbocycles. The van der Waals surface area contributed by atoms with E-state index in [1.165, 1.54) is 0 Å². The molecule has 66 valence electrons. The number of nitrogens with two attached hydrogens (primary N) is 1. The molecule has 0 aromatic carbocycles. The minimum Gasteiger partial charge on any atom is -0.352 e. The van der Waals surface area contributed by atoms with Crippen LogP contribution in [-0.2, 0) is 0 Å². The highest BCUT2D eigenvalue weighted by Gasteiger charge is 2.08. The Morgan fingerprint density at radius 2 is 2.50 bits per heavy atom. The van der Waals surface area contributed by atoms with E-state index >= 15 is 0 Å². The zero-order valence-corrected chi connectivity index (χ0v) is 7.09. The Bertz CT molecular complexity index is 281. The van der Waals surface area contributed by atoms with Crippen LogP contribution in [0.4, 0.5) is 4.79 Å². The molecule has 4 N–H and O–H groups in total. The summed E-state index contributed by atoms with van der Waals surface area (Å²) in [6.07, 6.45) is 1.75. The van der Waals surface area contributed by atoms with Crippen molar-refractivity contribution in [1.29, 1.82) is 0 Å². The first kappa shape index (κ1) is 8.58. The molecule has 1 rings (SSSR count). The van der Waals surface area contributed by atoms with Crippen LogP contribution < -0.4 is 11.1 Å². The number of aryl methyl sites for hydroxylation is 1. The smallest absolute Gasteiger partial charge is 0.312 e. The quantitative estimate of drug-likeness (QED) is 0.599. The number of rotatable bonds is 2. The summed E-state index contributed by atoms with van der Waals surface area (Å²) in [4.78, 5) is 17.5. The van der Waals surface area contributed by atoms with Crippen molar-refractivity contribution >= 4 is 6.03 Å². The summed E-state index contributed by atoms with van der Waals surface area (Å²) in [5.41, 5.74) is 5.73. The molecule has 12 heavy (non-hydrogen) atoms. The number of aromatic nitrogens is 2. The number of hydrogen-bond acceptors (Lipinski definition) is 2. The Kier molecular flexibility index (Phi) is 2.32. The summed E-state index contributed by atoms with van der Waals surface area (Å²) in [7, 11) is 0. The van der Waals surface area contributed by atoms with E-state index < -0.39 is 6.03 Å². The summed E-state index contributed by atoms with van der Waals surface area (Å²) in [5.74, 6) is 0.822. The van der Waals surface area contributed by atoms with Crippen molar-refractivity contribution in [3.63, 3.8) is 0 Å². The van der Waals surface area contributed by atoms with Crippen molar-refractivity contribution in [3.05, 3.63) is 17.7 Å². The third-order valence-corrected chi connectivity index (χ3v) is 1.53. The first-order valence-corrected chi connectivity index (χ1v) is 3.67. The van der Waals surface area contributed by atoms with E-state index in [-0.39, 0.29) is 6.04 Å². The zero-order valence-electron chi connectivity index (χ0n) is 7.09. The largest absolute Gasteiger partial charge is 0.352 e. The van der Waals surface area contributed by atoms with Gasteiger partial charge in [-0.15, -0.1) is 0 Å². The number of imidazole rings is 1. The summed E-state index contributed by atoms with van der Waals surface area (Å²) < 4.78 is 0. The molecule has 1 unspecified atom stereocenters. The zero-order chi connectivity index (χ0) is 9.14. The van der Waals surface area contributed by atoms with Crippen LogP contribution in [0.1, 0.15) is 24.5 Å². The highest BCUT2D eigenvalue weighted by atomic mass is 16.2. The molecule has 5 heteroatoms. The molecule has 0 spiro atoms. The average molecular weight is 168 g/mol. The molecule has 0 saturated carbocycles. The van der Waals surface area contributed by atoms with E-state index in [0.29, 0.717) is 0 Å². The van der Waals surface area contributed by atoms with Gasteiger partial charge in [0.25, 0.3) is 0 Å². The standard InChI is InChI=1S/C7H12N4O/c1-4(10-7(8)12)6-3-9-5(2)11-6/h3-4H,1-2H3,(H,9,11)(H3,8,10,12). The summed E-state index contributed by atoms with van der Waals surface area (Å²) in [6, 6.07) is -0.685. The second-order valence-electron chi connectivity index (χ2n) is 2.64. The van der Waals surface area contributed by atoms with Crippen molar-refractivity contribution in [2.75, 3.05) is 0 Å². The van der Waals surface area contributed by atoms with Gasteiger partial charge in [0.2, 0.25) is 0 Å². The second-order valence-corrected chi connectivity index (χ2v) is 2.64. The predicted octanol–water partition coefficient (Wildman–Crippen LogP) is 0.447. The van der Waals surface area contributed by atoms with Gasteiger partial charge in [0.1, 0.15) is 5.82 Å². The number of urea groups is 1. The topological polar surface area (TPSA) is 83.8 Å². The van der Waals surface area contributed by atoms with E-state index in [1.54, 1.807) is 6.20 Å². The number of carbonyl (C=O) groups excluding carboxylic acids is 1. The SMILES string of the molecule is Cc1nc(C(C)NC(N)=O)c[nH]1. The van der Waals surface area contributed by atoms with Gasteiger partial charge in [-0.05, 0) is 13.8 Å². The molecule has 1 aromatic rings. The molecule has 0 aliphatic heterocycles. The monoisotopic (exact) mass is 168 g/mol. The molecule has 0 aliphatic rings. The van der Waals surface area contributed by atoms with Gasteiger partial charge in [-0.2, -0.15) is 0 Å². The second kappa shape index (κ2) is 3.25. The van der Waals surface area contributed by atoms with Gasteiger partial charge < -0.3 is 16.0 Å². The van der Waals surface area contributed by atoms with Crippen molar-refractivity contribution in [1.82, 2.24) is 15.3 Å². The van der Waals surface area contributed by atoms with Crippen molar-refractivity contribution in [2.45, 2.75) is 19.9 Å². The van der Waals surface area contributed by atoms with E-state index in [1.807, 2.05) is 13.8 Å². The Labute approximate surface area is 70.4 Å². The van der Waals surface area contributed by atoms with Crippen molar-refractivity contribution < 1.29 is 4.79 Å². The lowest BCUT2D eigenvalue weighted by Gasteiger charge is -2.07. The van der Waals surface area contributed by atoms with Gasteiger partial charge in [-0.3, -0.25) is 0 Å². The Hall–Kier alpha value is -1.52. The highest BCUT2D eigenvalue weighted by molar-refractivity contribution is 5.72. The van der Waals surface area contributed by atoms with Crippen molar-refractivity contribution in [3.8, 4) is 0 Å². The van der Waals surface area contributed by atoms with Crippen LogP contribution in [0.5, 0.6) is 0 Å². The molecule has 1 atom stereocenters. The lowest BCUT2D eigenvalue weighted by atomic mass is 10.3. The molecule has 0 fully saturated rings. The van der Waals surface area contributed by atoms with Crippen LogP contribution in [0, 0.1) is 6.92 Å². The van der Waals surface area contributed by atoms with Crippen molar-refractivity contribution in [2.24, 2.45) is 5.73 Å². The molecular formula is C7H12N4O. The molecule has 1 heterocycles. The summed E-state index contributed by atoms with van der Waals surface area (Å²) in [6.45, 7) is 3.67. The van der Waals surface area contributed by atoms with Crippen LogP contribution in [-0.4, -0.2) is 16.0 Å². The Balaban J connectivity index is 2.64. The molecule has 0 bridgehead atoms. The van der Waals surface area contributed by atoms with Gasteiger partial charge in [-0.25, -0.2) is 9.78 Å². The normalized spacial score (nSPS) is 12.5. The maximum absolute atomic E-state index is 10.5. The maximum Gasteiger partial charge on any atom is 0.312 e. The first-order valence-electron chi connectivity index (χ1n) is 3.67. The number of primary amides is 1. The van der Waals surface area contributed by atoms with Gasteiger partial charge in [-0.1, -0.05) is 0 Å². The number of H-pyrrole nitrogens is 1. The number of aromatic amines is 1. The fraction of sp³-hybridized carbons (Fsp3) is 0.429. The Morgan fingerprint density at radius 1 is 1.83 bits per heavy atom. The van der Waals surface area contributed by atoms with E-state index in [2.05, 4.69) is 15.3 Å². The van der Waals surface area contributed by atoms with Crippen LogP contribution in [0.3, 0.4) is 0 Å². The molecule has 0 radical (unpaired) electrons. The molecular weight excluding hydrogens is 156 g/mol. The number of carbonyl (C=O) groups is 1. The lowest BCUT2D eigenvalue weighted by molar-refractivity contribution is 0.246. The van der Waals surface area contributed by atoms with Gasteiger partial charge in [0.05, 0.1) is 11.7 Å². The van der Waals surface area contributed by atoms with E-state index in [0.717, 1.165) is 11.5 Å². The average Bonchev–Trinajstić information content (AvgIpc) is 2.34. The Morgan fingerprint density at radius 3 is 2.92 bits per heavy atom. The number of amides is 2. The molecule has 5 nitrogen and oxygen atoms in total. The molecule has 1 aromatic heterocycles. The third-order valence-electron chi connectivity index (χ3n) is 1.53. The molecule has 2 amide bonds. The van der Waals surface area contributed by atoms with Crippen LogP contribution in [0.25, 0.3) is 0 Å². The van der Waals surface area contributed by atoms with Crippen LogP contribution in [0.15, 0.2) is 6.20 Å². The molecule has 0 saturated heterocycles. The van der Waals surface area contributed by atoms with Gasteiger partial charge in [0, 0.05) is 6.20 Å². The van der Waals surface area contributed by atoms with E-state index in [9.17, 15) is 4.79 Å². The van der Waals surface area contributed by atoms with Gasteiger partial charge >= 0.3 is 6.03 Å². The first-order chi connectivity index (χ1) is 5.59. The fourth-order valence-corrected chi connectivity index (χ4v) is 0.946. The minimum atomic E-state index is -0.539. The van der Waals surface area contributed by atoms with Crippen LogP contribution in [0.2, 0.25) is 0 Å². The summed E-state index contributed by atoms with van der Waals surface area (Å²) in [5, 5.41) is 2.53. The number of nitrogens with one attached hydrogen (secondary N) is 2. The van der Waals surface area contributed by atoms with Crippen LogP contribution >= 0.6 is 0 Å².